The molecule has 4 nitrogen and oxygen atoms in total. The molecule has 0 bridgehead atoms. The monoisotopic (exact) mass is 434 g/mol. The lowest BCUT2D eigenvalue weighted by Gasteiger charge is -2.43. The van der Waals surface area contributed by atoms with Gasteiger partial charge in [-0.1, -0.05) is 63.9 Å². The highest BCUT2D eigenvalue weighted by Crippen LogP contribution is 2.48. The Morgan fingerprint density at radius 1 is 0.962 bits per heavy atom. The Balaban J connectivity index is 5.78. The third kappa shape index (κ3) is 6.24. The first-order valence-electron chi connectivity index (χ1n) is 10.1. The van der Waals surface area contributed by atoms with Gasteiger partial charge in [-0.15, -0.1) is 0 Å². The van der Waals surface area contributed by atoms with Crippen LogP contribution in [-0.4, -0.2) is 30.0 Å². The van der Waals surface area contributed by atoms with Gasteiger partial charge in [0.25, 0.3) is 0 Å². The minimum atomic E-state index is -0.318. The van der Waals surface area contributed by atoms with Gasteiger partial charge in [-0.3, -0.25) is 9.59 Å². The molecular weight excluding hydrogens is 396 g/mol. The molecule has 154 valence electrons. The van der Waals surface area contributed by atoms with Crippen LogP contribution in [0, 0.1) is 17.3 Å². The van der Waals surface area contributed by atoms with Crippen LogP contribution in [0.1, 0.15) is 86.5 Å². The summed E-state index contributed by atoms with van der Waals surface area (Å²) in [5.41, 5.74) is -0.287. The second-order valence-electron chi connectivity index (χ2n) is 7.33. The quantitative estimate of drug-likeness (QED) is 0.205. The van der Waals surface area contributed by atoms with Crippen molar-refractivity contribution in [1.82, 2.24) is 0 Å². The van der Waals surface area contributed by atoms with E-state index >= 15 is 0 Å². The van der Waals surface area contributed by atoms with E-state index in [0.717, 1.165) is 38.5 Å². The summed E-state index contributed by atoms with van der Waals surface area (Å²) in [4.78, 5) is 25.3. The number of hydrogen-bond acceptors (Lipinski definition) is 4. The molecule has 0 aliphatic rings. The maximum Gasteiger partial charge on any atom is 0.310 e. The summed E-state index contributed by atoms with van der Waals surface area (Å²) >= 11 is 3.86. The standard InChI is InChI=1S/C21H39BrO4/c1-8-13-14-26-19(24)17(21(22,11-4)12-5)15-20(9-2,10-3)16(6)18(23)25-7/h16-17H,8-15H2,1-7H3. The number of carbonyl (C=O) groups is 2. The Bertz CT molecular complexity index is 428. The van der Waals surface area contributed by atoms with Gasteiger partial charge >= 0.3 is 11.9 Å². The summed E-state index contributed by atoms with van der Waals surface area (Å²) in [6.45, 7) is 12.8. The van der Waals surface area contributed by atoms with Crippen LogP contribution < -0.4 is 0 Å². The van der Waals surface area contributed by atoms with Gasteiger partial charge in [0.2, 0.25) is 0 Å². The van der Waals surface area contributed by atoms with Crippen LogP contribution in [0.4, 0.5) is 0 Å². The highest BCUT2D eigenvalue weighted by Gasteiger charge is 2.47. The molecule has 0 aliphatic carbocycles. The van der Waals surface area contributed by atoms with Crippen LogP contribution in [-0.2, 0) is 19.1 Å². The van der Waals surface area contributed by atoms with E-state index in [1.54, 1.807) is 0 Å². The van der Waals surface area contributed by atoms with E-state index < -0.39 is 0 Å². The number of carbonyl (C=O) groups excluding carboxylic acids is 2. The molecule has 0 amide bonds. The molecule has 0 rings (SSSR count). The van der Waals surface area contributed by atoms with Crippen molar-refractivity contribution in [2.45, 2.75) is 90.8 Å². The van der Waals surface area contributed by atoms with Gasteiger partial charge in [0.05, 0.1) is 25.6 Å². The van der Waals surface area contributed by atoms with Crippen LogP contribution >= 0.6 is 15.9 Å². The number of ether oxygens (including phenoxy) is 2. The summed E-state index contributed by atoms with van der Waals surface area (Å²) in [5, 5.41) is 0. The Hall–Kier alpha value is -0.580. The number of methoxy groups -OCH3 is 1. The third-order valence-corrected chi connectivity index (χ3v) is 7.99. The molecule has 0 aromatic heterocycles. The summed E-state index contributed by atoms with van der Waals surface area (Å²) in [6, 6.07) is 0. The molecule has 0 radical (unpaired) electrons. The first kappa shape index (κ1) is 25.4. The predicted molar refractivity (Wildman–Crippen MR) is 110 cm³/mol. The fourth-order valence-corrected chi connectivity index (χ4v) is 4.15. The largest absolute Gasteiger partial charge is 0.469 e. The molecule has 0 aliphatic heterocycles. The molecule has 2 unspecified atom stereocenters. The van der Waals surface area contributed by atoms with Crippen LogP contribution in [0.15, 0.2) is 0 Å². The Labute approximate surface area is 168 Å². The normalized spacial score (nSPS) is 14.6. The lowest BCUT2D eigenvalue weighted by atomic mass is 9.64. The average molecular weight is 435 g/mol. The highest BCUT2D eigenvalue weighted by atomic mass is 79.9. The van der Waals surface area contributed by atoms with Gasteiger partial charge in [-0.2, -0.15) is 0 Å². The van der Waals surface area contributed by atoms with Gasteiger partial charge < -0.3 is 9.47 Å². The SMILES string of the molecule is CCCCOC(=O)C(CC(CC)(CC)C(C)C(=O)OC)C(Br)(CC)CC. The van der Waals surface area contributed by atoms with Crippen LogP contribution in [0.25, 0.3) is 0 Å². The Morgan fingerprint density at radius 3 is 1.88 bits per heavy atom. The van der Waals surface area contributed by atoms with Gasteiger partial charge in [0.1, 0.15) is 0 Å². The zero-order chi connectivity index (χ0) is 20.4. The van der Waals surface area contributed by atoms with E-state index in [1.165, 1.54) is 7.11 Å². The van der Waals surface area contributed by atoms with E-state index in [9.17, 15) is 9.59 Å². The fraction of sp³-hybridized carbons (Fsp3) is 0.905. The van der Waals surface area contributed by atoms with Crippen molar-refractivity contribution in [3.8, 4) is 0 Å². The van der Waals surface area contributed by atoms with E-state index in [0.29, 0.717) is 13.0 Å². The molecule has 26 heavy (non-hydrogen) atoms. The second kappa shape index (κ2) is 12.0. The number of esters is 2. The number of hydrogen-bond donors (Lipinski definition) is 0. The van der Waals surface area contributed by atoms with Gasteiger partial charge in [0, 0.05) is 4.32 Å². The molecule has 0 spiro atoms. The molecule has 5 heteroatoms. The molecule has 0 saturated heterocycles. The molecular formula is C21H39BrO4. The Morgan fingerprint density at radius 2 is 1.50 bits per heavy atom. The van der Waals surface area contributed by atoms with Crippen molar-refractivity contribution < 1.29 is 19.1 Å². The Kier molecular flexibility index (Phi) is 11.7. The van der Waals surface area contributed by atoms with Crippen molar-refractivity contribution in [3.63, 3.8) is 0 Å². The van der Waals surface area contributed by atoms with Crippen molar-refractivity contribution in [3.05, 3.63) is 0 Å². The summed E-state index contributed by atoms with van der Waals surface area (Å²) < 4.78 is 10.3. The van der Waals surface area contributed by atoms with Gasteiger partial charge in [0.15, 0.2) is 0 Å². The summed E-state index contributed by atoms with van der Waals surface area (Å²) in [6.07, 6.45) is 5.77. The number of alkyl halides is 1. The summed E-state index contributed by atoms with van der Waals surface area (Å²) in [7, 11) is 1.43. The number of halogens is 1. The summed E-state index contributed by atoms with van der Waals surface area (Å²) in [5.74, 6) is -0.914. The van der Waals surface area contributed by atoms with Crippen LogP contribution in [0.5, 0.6) is 0 Å². The fourth-order valence-electron chi connectivity index (χ4n) is 3.80. The zero-order valence-corrected chi connectivity index (χ0v) is 19.4. The first-order valence-corrected chi connectivity index (χ1v) is 10.9. The average Bonchev–Trinajstić information content (AvgIpc) is 2.67. The van der Waals surface area contributed by atoms with Crippen molar-refractivity contribution in [2.75, 3.05) is 13.7 Å². The van der Waals surface area contributed by atoms with Crippen molar-refractivity contribution >= 4 is 27.9 Å². The second-order valence-corrected chi connectivity index (χ2v) is 8.91. The zero-order valence-electron chi connectivity index (χ0n) is 17.8. The van der Waals surface area contributed by atoms with Gasteiger partial charge in [-0.05, 0) is 43.9 Å². The van der Waals surface area contributed by atoms with Gasteiger partial charge in [-0.25, -0.2) is 0 Å². The molecule has 0 heterocycles. The first-order chi connectivity index (χ1) is 12.2. The molecule has 0 N–H and O–H groups in total. The lowest BCUT2D eigenvalue weighted by molar-refractivity contribution is -0.157. The number of unbranched alkanes of at least 4 members (excludes halogenated alkanes) is 1. The molecule has 0 aromatic carbocycles. The molecule has 2 atom stereocenters. The maximum absolute atomic E-state index is 13.0. The van der Waals surface area contributed by atoms with Crippen LogP contribution in [0.3, 0.4) is 0 Å². The van der Waals surface area contributed by atoms with E-state index in [2.05, 4.69) is 50.5 Å². The smallest absolute Gasteiger partial charge is 0.310 e. The topological polar surface area (TPSA) is 52.6 Å². The predicted octanol–water partition coefficient (Wildman–Crippen LogP) is 5.91. The highest BCUT2D eigenvalue weighted by molar-refractivity contribution is 9.10. The van der Waals surface area contributed by atoms with Crippen LogP contribution in [0.2, 0.25) is 0 Å². The molecule has 0 aromatic rings. The molecule has 0 saturated carbocycles. The minimum Gasteiger partial charge on any atom is -0.469 e. The molecule has 0 fully saturated rings. The van der Waals surface area contributed by atoms with Crippen molar-refractivity contribution in [2.24, 2.45) is 17.3 Å². The van der Waals surface area contributed by atoms with E-state index in [4.69, 9.17) is 9.47 Å². The van der Waals surface area contributed by atoms with E-state index in [-0.39, 0.29) is 33.5 Å². The maximum atomic E-state index is 13.0. The third-order valence-electron chi connectivity index (χ3n) is 6.32. The van der Waals surface area contributed by atoms with E-state index in [1.807, 2.05) is 6.92 Å². The van der Waals surface area contributed by atoms with Crippen molar-refractivity contribution in [1.29, 1.82) is 0 Å². The lowest BCUT2D eigenvalue weighted by Crippen LogP contribution is -2.44. The minimum absolute atomic E-state index is 0.151. The number of rotatable bonds is 13.